The van der Waals surface area contributed by atoms with Crippen LogP contribution in [0.1, 0.15) is 48.9 Å². The monoisotopic (exact) mass is 389 g/mol. The van der Waals surface area contributed by atoms with Gasteiger partial charge in [-0.2, -0.15) is 0 Å². The molecule has 152 valence electrons. The Morgan fingerprint density at radius 1 is 1.18 bits per heavy atom. The third-order valence-electron chi connectivity index (χ3n) is 5.82. The van der Waals surface area contributed by atoms with Gasteiger partial charge >= 0.3 is 5.97 Å². The van der Waals surface area contributed by atoms with Crippen LogP contribution in [-0.2, 0) is 9.53 Å². The summed E-state index contributed by atoms with van der Waals surface area (Å²) in [5.41, 5.74) is 0.403. The summed E-state index contributed by atoms with van der Waals surface area (Å²) in [6.45, 7) is 2.50. The summed E-state index contributed by atoms with van der Waals surface area (Å²) in [6, 6.07) is 4.48. The van der Waals surface area contributed by atoms with Gasteiger partial charge in [-0.05, 0) is 24.5 Å². The highest BCUT2D eigenvalue weighted by Gasteiger charge is 2.26. The molecule has 1 saturated heterocycles. The summed E-state index contributed by atoms with van der Waals surface area (Å²) in [6.07, 6.45) is 6.70. The molecule has 8 heteroatoms. The van der Waals surface area contributed by atoms with Gasteiger partial charge in [0, 0.05) is 44.4 Å². The second-order valence-electron chi connectivity index (χ2n) is 7.51. The van der Waals surface area contributed by atoms with Gasteiger partial charge in [-0.15, -0.1) is 0 Å². The molecule has 0 atom stereocenters. The van der Waals surface area contributed by atoms with Crippen molar-refractivity contribution < 1.29 is 19.2 Å². The summed E-state index contributed by atoms with van der Waals surface area (Å²) in [5.74, 6) is 0.196. The molecule has 28 heavy (non-hydrogen) atoms. The Bertz CT molecular complexity index is 737. The molecule has 0 N–H and O–H groups in total. The fraction of sp³-hybridized carbons (Fsp3) is 0.600. The van der Waals surface area contributed by atoms with Gasteiger partial charge in [0.2, 0.25) is 5.91 Å². The summed E-state index contributed by atoms with van der Waals surface area (Å²) in [7, 11) is 1.20. The molecule has 0 unspecified atom stereocenters. The molecule has 8 nitrogen and oxygen atoms in total. The number of nitrogens with zero attached hydrogens (tertiary/aromatic N) is 3. The SMILES string of the molecule is COC(=O)c1cc(N2CCN(C(=O)CCC3CCCC3)CC2)ccc1[N+](=O)[O-]. The van der Waals surface area contributed by atoms with E-state index in [1.807, 2.05) is 9.80 Å². The molecule has 1 aromatic carbocycles. The quantitative estimate of drug-likeness (QED) is 0.422. The number of amides is 1. The molecule has 0 bridgehead atoms. The summed E-state index contributed by atoms with van der Waals surface area (Å²) >= 11 is 0. The predicted molar refractivity (Wildman–Crippen MR) is 104 cm³/mol. The van der Waals surface area contributed by atoms with Crippen LogP contribution in [0, 0.1) is 16.0 Å². The van der Waals surface area contributed by atoms with E-state index in [0.717, 1.165) is 12.1 Å². The van der Waals surface area contributed by atoms with Gasteiger partial charge < -0.3 is 14.5 Å². The van der Waals surface area contributed by atoms with Crippen molar-refractivity contribution in [3.05, 3.63) is 33.9 Å². The third-order valence-corrected chi connectivity index (χ3v) is 5.82. The second kappa shape index (κ2) is 9.03. The third kappa shape index (κ3) is 4.61. The maximum Gasteiger partial charge on any atom is 0.344 e. The van der Waals surface area contributed by atoms with Crippen molar-refractivity contribution >= 4 is 23.3 Å². The normalized spacial score (nSPS) is 17.6. The fourth-order valence-electron chi connectivity index (χ4n) is 4.15. The first-order chi connectivity index (χ1) is 13.5. The van der Waals surface area contributed by atoms with Crippen molar-refractivity contribution in [2.45, 2.75) is 38.5 Å². The Balaban J connectivity index is 1.58. The molecule has 3 rings (SSSR count). The van der Waals surface area contributed by atoms with Crippen LogP contribution in [0.15, 0.2) is 18.2 Å². The number of hydrogen-bond acceptors (Lipinski definition) is 6. The van der Waals surface area contributed by atoms with Gasteiger partial charge in [-0.3, -0.25) is 14.9 Å². The minimum Gasteiger partial charge on any atom is -0.465 e. The Labute approximate surface area is 164 Å². The lowest BCUT2D eigenvalue weighted by Crippen LogP contribution is -2.48. The van der Waals surface area contributed by atoms with E-state index < -0.39 is 10.9 Å². The average Bonchev–Trinajstić information content (AvgIpc) is 3.24. The number of nitro groups is 1. The maximum atomic E-state index is 12.5. The van der Waals surface area contributed by atoms with Gasteiger partial charge in [0.25, 0.3) is 5.69 Å². The van der Waals surface area contributed by atoms with Crippen LogP contribution in [0.5, 0.6) is 0 Å². The molecule has 1 aromatic rings. The molecule has 1 aliphatic carbocycles. The van der Waals surface area contributed by atoms with Crippen molar-refractivity contribution in [3.63, 3.8) is 0 Å². The van der Waals surface area contributed by atoms with Crippen molar-refractivity contribution in [2.75, 3.05) is 38.2 Å². The minimum absolute atomic E-state index is 0.0555. The Hall–Kier alpha value is -2.64. The molecule has 0 aromatic heterocycles. The number of carbonyl (C=O) groups is 2. The van der Waals surface area contributed by atoms with Crippen LogP contribution in [0.4, 0.5) is 11.4 Å². The number of carbonyl (C=O) groups excluding carboxylic acids is 2. The number of benzene rings is 1. The lowest BCUT2D eigenvalue weighted by Gasteiger charge is -2.36. The van der Waals surface area contributed by atoms with Gasteiger partial charge in [0.15, 0.2) is 0 Å². The van der Waals surface area contributed by atoms with Crippen LogP contribution in [-0.4, -0.2) is 55.0 Å². The minimum atomic E-state index is -0.728. The first-order valence-electron chi connectivity index (χ1n) is 9.89. The lowest BCUT2D eigenvalue weighted by atomic mass is 10.0. The topological polar surface area (TPSA) is 93.0 Å². The first kappa shape index (κ1) is 20.1. The fourth-order valence-corrected chi connectivity index (χ4v) is 4.15. The van der Waals surface area contributed by atoms with E-state index in [-0.39, 0.29) is 17.2 Å². The molecular formula is C20H27N3O5. The number of piperazine rings is 1. The van der Waals surface area contributed by atoms with E-state index in [9.17, 15) is 19.7 Å². The highest BCUT2D eigenvalue weighted by Crippen LogP contribution is 2.29. The predicted octanol–water partition coefficient (Wildman–Crippen LogP) is 3.00. The molecule has 1 aliphatic heterocycles. The van der Waals surface area contributed by atoms with Crippen molar-refractivity contribution in [1.82, 2.24) is 4.90 Å². The Morgan fingerprint density at radius 2 is 1.86 bits per heavy atom. The van der Waals surface area contributed by atoms with E-state index in [1.165, 1.54) is 44.9 Å². The van der Waals surface area contributed by atoms with Gasteiger partial charge in [-0.25, -0.2) is 4.79 Å². The first-order valence-corrected chi connectivity index (χ1v) is 9.89. The number of esters is 1. The number of ether oxygens (including phenoxy) is 1. The zero-order chi connectivity index (χ0) is 20.1. The molecule has 0 spiro atoms. The van der Waals surface area contributed by atoms with Crippen molar-refractivity contribution in [3.8, 4) is 0 Å². The molecule has 1 heterocycles. The number of nitro benzene ring substituents is 1. The smallest absolute Gasteiger partial charge is 0.344 e. The van der Waals surface area contributed by atoms with Crippen LogP contribution < -0.4 is 4.90 Å². The molecule has 0 radical (unpaired) electrons. The summed E-state index contributed by atoms with van der Waals surface area (Å²) in [5, 5.41) is 11.1. The Kier molecular flexibility index (Phi) is 6.49. The number of anilines is 1. The van der Waals surface area contributed by atoms with Crippen LogP contribution in [0.3, 0.4) is 0 Å². The van der Waals surface area contributed by atoms with Crippen molar-refractivity contribution in [1.29, 1.82) is 0 Å². The van der Waals surface area contributed by atoms with Gasteiger partial charge in [0.05, 0.1) is 12.0 Å². The molecule has 2 fully saturated rings. The maximum absolute atomic E-state index is 12.5. The van der Waals surface area contributed by atoms with E-state index in [1.54, 1.807) is 6.07 Å². The molecule has 1 saturated carbocycles. The van der Waals surface area contributed by atoms with Gasteiger partial charge in [0.1, 0.15) is 5.56 Å². The highest BCUT2D eigenvalue weighted by molar-refractivity contribution is 5.95. The highest BCUT2D eigenvalue weighted by atomic mass is 16.6. The molecule has 2 aliphatic rings. The van der Waals surface area contributed by atoms with Crippen LogP contribution >= 0.6 is 0 Å². The number of methoxy groups -OCH3 is 1. The van der Waals surface area contributed by atoms with E-state index in [0.29, 0.717) is 38.5 Å². The summed E-state index contributed by atoms with van der Waals surface area (Å²) in [4.78, 5) is 38.9. The van der Waals surface area contributed by atoms with Gasteiger partial charge in [-0.1, -0.05) is 25.7 Å². The van der Waals surface area contributed by atoms with E-state index in [4.69, 9.17) is 0 Å². The lowest BCUT2D eigenvalue weighted by molar-refractivity contribution is -0.385. The number of rotatable bonds is 6. The summed E-state index contributed by atoms with van der Waals surface area (Å²) < 4.78 is 4.67. The van der Waals surface area contributed by atoms with Crippen LogP contribution in [0.25, 0.3) is 0 Å². The average molecular weight is 389 g/mol. The standard InChI is InChI=1S/C20H27N3O5/c1-28-20(25)17-14-16(7-8-18(17)23(26)27)21-10-12-22(13-11-21)19(24)9-6-15-4-2-3-5-15/h7-8,14-15H,2-6,9-13H2,1H3. The number of hydrogen-bond donors (Lipinski definition) is 0. The van der Waals surface area contributed by atoms with Crippen LogP contribution in [0.2, 0.25) is 0 Å². The van der Waals surface area contributed by atoms with Crippen molar-refractivity contribution in [2.24, 2.45) is 5.92 Å². The zero-order valence-corrected chi connectivity index (χ0v) is 16.3. The molecule has 1 amide bonds. The van der Waals surface area contributed by atoms with E-state index in [2.05, 4.69) is 4.74 Å². The molecular weight excluding hydrogens is 362 g/mol. The van der Waals surface area contributed by atoms with E-state index >= 15 is 0 Å². The largest absolute Gasteiger partial charge is 0.465 e. The zero-order valence-electron chi connectivity index (χ0n) is 16.3. The Morgan fingerprint density at radius 3 is 2.46 bits per heavy atom. The second-order valence-corrected chi connectivity index (χ2v) is 7.51.